The molecule has 1 saturated heterocycles. The van der Waals surface area contributed by atoms with Crippen molar-refractivity contribution in [1.82, 2.24) is 15.2 Å². The number of amides is 2. The molecule has 2 atom stereocenters. The largest absolute Gasteiger partial charge is 0.480 e. The summed E-state index contributed by atoms with van der Waals surface area (Å²) < 4.78 is 0. The minimum Gasteiger partial charge on any atom is -0.480 e. The number of urea groups is 1. The van der Waals surface area contributed by atoms with Crippen LogP contribution in [0.15, 0.2) is 10.2 Å². The highest BCUT2D eigenvalue weighted by molar-refractivity contribution is 8.00. The van der Waals surface area contributed by atoms with Crippen LogP contribution in [0.5, 0.6) is 0 Å². The first-order valence-electron chi connectivity index (χ1n) is 6.47. The average Bonchev–Trinajstić information content (AvgIpc) is 3.01. The van der Waals surface area contributed by atoms with Gasteiger partial charge in [0.05, 0.1) is 11.9 Å². The third kappa shape index (κ3) is 3.59. The van der Waals surface area contributed by atoms with E-state index in [2.05, 4.69) is 10.3 Å². The van der Waals surface area contributed by atoms with Gasteiger partial charge in [-0.3, -0.25) is 9.69 Å². The van der Waals surface area contributed by atoms with Crippen LogP contribution >= 0.6 is 23.1 Å². The second kappa shape index (κ2) is 6.52. The highest BCUT2D eigenvalue weighted by Gasteiger charge is 2.42. The summed E-state index contributed by atoms with van der Waals surface area (Å²) in [5.74, 6) is -0.447. The van der Waals surface area contributed by atoms with E-state index >= 15 is 0 Å². The molecule has 1 aromatic heterocycles. The number of carboxylic acids is 1. The van der Waals surface area contributed by atoms with Crippen LogP contribution in [-0.4, -0.2) is 44.2 Å². The van der Waals surface area contributed by atoms with Gasteiger partial charge in [-0.05, 0) is 5.92 Å². The maximum absolute atomic E-state index is 12.3. The number of thioether (sulfide) groups is 1. The molecular formula is C12H17N3O4S2. The molecule has 0 bridgehead atoms. The van der Waals surface area contributed by atoms with Crippen LogP contribution in [-0.2, 0) is 11.3 Å². The van der Waals surface area contributed by atoms with Crippen molar-refractivity contribution >= 4 is 35.1 Å². The van der Waals surface area contributed by atoms with Gasteiger partial charge < -0.3 is 15.4 Å². The Balaban J connectivity index is 2.06. The Kier molecular flexibility index (Phi) is 4.94. The molecule has 0 aromatic carbocycles. The molecule has 0 saturated carbocycles. The van der Waals surface area contributed by atoms with Crippen molar-refractivity contribution < 1.29 is 14.7 Å². The topological polar surface area (TPSA) is 102 Å². The number of carbonyl (C=O) groups is 2. The predicted octanol–water partition coefficient (Wildman–Crippen LogP) is 1.13. The van der Waals surface area contributed by atoms with Crippen LogP contribution < -0.4 is 10.2 Å². The number of H-pyrrole nitrogens is 1. The van der Waals surface area contributed by atoms with Crippen molar-refractivity contribution in [1.29, 1.82) is 0 Å². The molecule has 1 aliphatic heterocycles. The number of nitrogens with zero attached hydrogens (tertiary/aromatic N) is 1. The first-order chi connectivity index (χ1) is 9.90. The van der Waals surface area contributed by atoms with E-state index < -0.39 is 18.0 Å². The van der Waals surface area contributed by atoms with Gasteiger partial charge in [-0.25, -0.2) is 9.59 Å². The van der Waals surface area contributed by atoms with Crippen molar-refractivity contribution in [3.05, 3.63) is 20.7 Å². The highest BCUT2D eigenvalue weighted by atomic mass is 32.2. The maximum atomic E-state index is 12.3. The molecule has 1 aromatic rings. The molecule has 2 rings (SSSR count). The number of carbonyl (C=O) groups excluding carboxylic acids is 1. The van der Waals surface area contributed by atoms with Crippen LogP contribution in [0, 0.1) is 5.92 Å². The number of thiazole rings is 1. The lowest BCUT2D eigenvalue weighted by Crippen LogP contribution is -2.51. The SMILES string of the molecule is CC(C)C1SCC(C(=O)O)N1C(=O)NCc1csc(=O)[nH]1. The Morgan fingerprint density at radius 1 is 1.57 bits per heavy atom. The smallest absolute Gasteiger partial charge is 0.327 e. The third-order valence-corrected chi connectivity index (χ3v) is 5.47. The van der Waals surface area contributed by atoms with E-state index in [1.54, 1.807) is 5.38 Å². The monoisotopic (exact) mass is 331 g/mol. The van der Waals surface area contributed by atoms with Gasteiger partial charge >= 0.3 is 16.9 Å². The van der Waals surface area contributed by atoms with E-state index in [4.69, 9.17) is 0 Å². The fourth-order valence-electron chi connectivity index (χ4n) is 2.15. The van der Waals surface area contributed by atoms with Gasteiger partial charge in [0.25, 0.3) is 0 Å². The van der Waals surface area contributed by atoms with E-state index in [0.29, 0.717) is 11.4 Å². The number of aliphatic carboxylic acids is 1. The minimum atomic E-state index is -0.996. The average molecular weight is 331 g/mol. The van der Waals surface area contributed by atoms with Gasteiger partial charge in [0, 0.05) is 16.8 Å². The summed E-state index contributed by atoms with van der Waals surface area (Å²) in [6, 6.07) is -1.23. The van der Waals surface area contributed by atoms with Gasteiger partial charge in [-0.15, -0.1) is 11.8 Å². The van der Waals surface area contributed by atoms with Gasteiger partial charge in [0.1, 0.15) is 6.04 Å². The van der Waals surface area contributed by atoms with Crippen molar-refractivity contribution in [3.8, 4) is 0 Å². The van der Waals surface area contributed by atoms with Gasteiger partial charge in [-0.1, -0.05) is 25.2 Å². The van der Waals surface area contributed by atoms with Crippen molar-refractivity contribution in [2.24, 2.45) is 5.92 Å². The summed E-state index contributed by atoms with van der Waals surface area (Å²) in [7, 11) is 0. The van der Waals surface area contributed by atoms with Crippen LogP contribution in [0.4, 0.5) is 4.79 Å². The summed E-state index contributed by atoms with van der Waals surface area (Å²) in [4.78, 5) is 38.4. The third-order valence-electron chi connectivity index (χ3n) is 3.13. The molecule has 3 N–H and O–H groups in total. The van der Waals surface area contributed by atoms with E-state index in [9.17, 15) is 19.5 Å². The van der Waals surface area contributed by atoms with Crippen LogP contribution in [0.25, 0.3) is 0 Å². The van der Waals surface area contributed by atoms with E-state index in [1.807, 2.05) is 13.8 Å². The lowest BCUT2D eigenvalue weighted by atomic mass is 10.2. The molecule has 2 amide bonds. The van der Waals surface area contributed by atoms with E-state index in [0.717, 1.165) is 11.3 Å². The summed E-state index contributed by atoms with van der Waals surface area (Å²) in [5, 5.41) is 13.4. The Hall–Kier alpha value is -1.48. The molecule has 9 heteroatoms. The molecule has 0 radical (unpaired) electrons. The highest BCUT2D eigenvalue weighted by Crippen LogP contribution is 2.34. The number of aromatic nitrogens is 1. The van der Waals surface area contributed by atoms with Crippen molar-refractivity contribution in [2.45, 2.75) is 31.8 Å². The lowest BCUT2D eigenvalue weighted by molar-refractivity contribution is -0.141. The maximum Gasteiger partial charge on any atom is 0.327 e. The Bertz CT molecular complexity index is 583. The van der Waals surface area contributed by atoms with Crippen molar-refractivity contribution in [2.75, 3.05) is 5.75 Å². The predicted molar refractivity (Wildman–Crippen MR) is 81.5 cm³/mol. The van der Waals surface area contributed by atoms with Gasteiger partial charge in [0.15, 0.2) is 0 Å². The summed E-state index contributed by atoms with van der Waals surface area (Å²) in [5.41, 5.74) is 0.609. The summed E-state index contributed by atoms with van der Waals surface area (Å²) in [6.45, 7) is 4.09. The molecular weight excluding hydrogens is 314 g/mol. The quantitative estimate of drug-likeness (QED) is 0.767. The summed E-state index contributed by atoms with van der Waals surface area (Å²) >= 11 is 2.50. The Labute approximate surface area is 129 Å². The zero-order valence-electron chi connectivity index (χ0n) is 11.7. The second-order valence-electron chi connectivity index (χ2n) is 5.06. The number of rotatable bonds is 4. The minimum absolute atomic E-state index is 0.158. The molecule has 1 fully saturated rings. The van der Waals surface area contributed by atoms with E-state index in [1.165, 1.54) is 16.7 Å². The molecule has 0 spiro atoms. The molecule has 1 aliphatic rings. The van der Waals surface area contributed by atoms with Crippen LogP contribution in [0.1, 0.15) is 19.5 Å². The zero-order chi connectivity index (χ0) is 15.6. The first kappa shape index (κ1) is 15.9. The molecule has 0 aliphatic carbocycles. The fraction of sp³-hybridized carbons (Fsp3) is 0.583. The number of hydrogen-bond acceptors (Lipinski definition) is 5. The number of hydrogen-bond donors (Lipinski definition) is 3. The molecule has 116 valence electrons. The second-order valence-corrected chi connectivity index (χ2v) is 7.05. The van der Waals surface area contributed by atoms with Crippen molar-refractivity contribution in [3.63, 3.8) is 0 Å². The first-order valence-corrected chi connectivity index (χ1v) is 8.40. The summed E-state index contributed by atoms with van der Waals surface area (Å²) in [6.07, 6.45) is 0. The molecule has 2 heterocycles. The molecule has 7 nitrogen and oxygen atoms in total. The van der Waals surface area contributed by atoms with Gasteiger partial charge in [-0.2, -0.15) is 0 Å². The van der Waals surface area contributed by atoms with Crippen LogP contribution in [0.3, 0.4) is 0 Å². The number of aromatic amines is 1. The lowest BCUT2D eigenvalue weighted by Gasteiger charge is -2.29. The normalized spacial score (nSPS) is 21.8. The fourth-order valence-corrected chi connectivity index (χ4v) is 4.20. The molecule has 2 unspecified atom stereocenters. The number of carboxylic acid groups (broad SMARTS) is 1. The van der Waals surface area contributed by atoms with E-state index in [-0.39, 0.29) is 22.7 Å². The molecule has 21 heavy (non-hydrogen) atoms. The Morgan fingerprint density at radius 3 is 2.81 bits per heavy atom. The van der Waals surface area contributed by atoms with Crippen LogP contribution in [0.2, 0.25) is 0 Å². The zero-order valence-corrected chi connectivity index (χ0v) is 13.3. The van der Waals surface area contributed by atoms with Gasteiger partial charge in [0.2, 0.25) is 0 Å². The number of nitrogens with one attached hydrogen (secondary N) is 2. The standard InChI is InChI=1S/C12H17N3O4S2/c1-6(2)9-15(8(5-20-9)10(16)17)11(18)13-3-7-4-21-12(19)14-7/h4,6,8-9H,3,5H2,1-2H3,(H,13,18)(H,14,19)(H,16,17). The Morgan fingerprint density at radius 2 is 2.29 bits per heavy atom.